The predicted octanol–water partition coefficient (Wildman–Crippen LogP) is 2.88. The van der Waals surface area contributed by atoms with Gasteiger partial charge in [0, 0.05) is 24.3 Å². The molecule has 3 rings (SSSR count). The first-order chi connectivity index (χ1) is 13.7. The van der Waals surface area contributed by atoms with Crippen LogP contribution in [0.4, 0.5) is 17.5 Å². The fraction of sp³-hybridized carbons (Fsp3) is 0.158. The van der Waals surface area contributed by atoms with Crippen molar-refractivity contribution < 1.29 is 9.53 Å². The summed E-state index contributed by atoms with van der Waals surface area (Å²) in [6.45, 7) is 0.877. The average molecular weight is 399 g/mol. The van der Waals surface area contributed by atoms with E-state index in [9.17, 15) is 4.79 Å². The molecule has 0 saturated carbocycles. The maximum atomic E-state index is 11.8. The fourth-order valence-corrected chi connectivity index (χ4v) is 2.31. The molecule has 2 heterocycles. The van der Waals surface area contributed by atoms with Crippen molar-refractivity contribution in [3.63, 3.8) is 0 Å². The Kier molecular flexibility index (Phi) is 6.97. The second-order valence-electron chi connectivity index (χ2n) is 5.66. The molecule has 28 heavy (non-hydrogen) atoms. The van der Waals surface area contributed by atoms with Gasteiger partial charge in [0.15, 0.2) is 12.4 Å². The van der Waals surface area contributed by atoms with Gasteiger partial charge in [0.05, 0.1) is 0 Å². The quantitative estimate of drug-likeness (QED) is 0.476. The van der Waals surface area contributed by atoms with Gasteiger partial charge < -0.3 is 20.7 Å². The summed E-state index contributed by atoms with van der Waals surface area (Å²) in [5.41, 5.74) is 0. The Morgan fingerprint density at radius 3 is 2.43 bits per heavy atom. The number of halogens is 1. The van der Waals surface area contributed by atoms with Gasteiger partial charge in [-0.1, -0.05) is 17.7 Å². The van der Waals surface area contributed by atoms with Crippen molar-refractivity contribution in [2.45, 2.75) is 0 Å². The molecule has 3 aromatic rings. The summed E-state index contributed by atoms with van der Waals surface area (Å²) in [7, 11) is 0. The second-order valence-corrected chi connectivity index (χ2v) is 6.10. The zero-order valence-electron chi connectivity index (χ0n) is 14.9. The number of nitrogens with zero attached hydrogens (tertiary/aromatic N) is 3. The largest absolute Gasteiger partial charge is 0.484 e. The fourth-order valence-electron chi connectivity index (χ4n) is 2.18. The molecule has 0 atom stereocenters. The lowest BCUT2D eigenvalue weighted by Gasteiger charge is -2.09. The Morgan fingerprint density at radius 2 is 1.71 bits per heavy atom. The summed E-state index contributed by atoms with van der Waals surface area (Å²) < 4.78 is 5.37. The van der Waals surface area contributed by atoms with Crippen LogP contribution in [-0.2, 0) is 4.79 Å². The van der Waals surface area contributed by atoms with Crippen molar-refractivity contribution in [2.75, 3.05) is 30.3 Å². The number of hydrogen-bond acceptors (Lipinski definition) is 7. The average Bonchev–Trinajstić information content (AvgIpc) is 2.73. The molecule has 1 aromatic carbocycles. The Bertz CT molecular complexity index is 875. The highest BCUT2D eigenvalue weighted by Crippen LogP contribution is 2.15. The van der Waals surface area contributed by atoms with E-state index in [2.05, 4.69) is 31.1 Å². The predicted molar refractivity (Wildman–Crippen MR) is 108 cm³/mol. The summed E-state index contributed by atoms with van der Waals surface area (Å²) in [5, 5.41) is 17.7. The molecule has 0 unspecified atom stereocenters. The standard InChI is InChI=1S/C19H19ClN6O2/c20-14-4-6-15(7-5-14)28-13-19(27)23-12-11-22-17-8-9-18(26-25-17)24-16-3-1-2-10-21-16/h1-10H,11-13H2,(H,22,25)(H,23,27)(H,21,24,26). The molecule has 0 bridgehead atoms. The molecular formula is C19H19ClN6O2. The monoisotopic (exact) mass is 398 g/mol. The lowest BCUT2D eigenvalue weighted by Crippen LogP contribution is -2.32. The van der Waals surface area contributed by atoms with Gasteiger partial charge in [-0.2, -0.15) is 0 Å². The lowest BCUT2D eigenvalue weighted by atomic mass is 10.3. The van der Waals surface area contributed by atoms with Gasteiger partial charge in [0.2, 0.25) is 0 Å². The smallest absolute Gasteiger partial charge is 0.258 e. The van der Waals surface area contributed by atoms with E-state index in [4.69, 9.17) is 16.3 Å². The zero-order chi connectivity index (χ0) is 19.6. The highest BCUT2D eigenvalue weighted by Gasteiger charge is 2.03. The molecule has 0 aliphatic carbocycles. The van der Waals surface area contributed by atoms with E-state index in [-0.39, 0.29) is 12.5 Å². The molecule has 0 spiro atoms. The van der Waals surface area contributed by atoms with Crippen molar-refractivity contribution >= 4 is 35.0 Å². The third kappa shape index (κ3) is 6.40. The number of rotatable bonds is 9. The maximum Gasteiger partial charge on any atom is 0.258 e. The molecule has 9 heteroatoms. The molecule has 144 valence electrons. The van der Waals surface area contributed by atoms with Gasteiger partial charge in [-0.3, -0.25) is 4.79 Å². The SMILES string of the molecule is O=C(COc1ccc(Cl)cc1)NCCNc1ccc(Nc2ccccn2)nn1. The first-order valence-corrected chi connectivity index (χ1v) is 8.97. The zero-order valence-corrected chi connectivity index (χ0v) is 15.7. The third-order valence-electron chi connectivity index (χ3n) is 3.52. The number of carbonyl (C=O) groups is 1. The van der Waals surface area contributed by atoms with Gasteiger partial charge in [-0.05, 0) is 48.5 Å². The Balaban J connectivity index is 1.33. The van der Waals surface area contributed by atoms with Crippen LogP contribution in [0, 0.1) is 0 Å². The van der Waals surface area contributed by atoms with Crippen LogP contribution in [-0.4, -0.2) is 40.8 Å². The van der Waals surface area contributed by atoms with Crippen molar-refractivity contribution in [3.05, 3.63) is 65.8 Å². The summed E-state index contributed by atoms with van der Waals surface area (Å²) in [5.74, 6) is 2.28. The molecule has 0 aliphatic rings. The van der Waals surface area contributed by atoms with Crippen LogP contribution in [0.1, 0.15) is 0 Å². The summed E-state index contributed by atoms with van der Waals surface area (Å²) >= 11 is 5.80. The highest BCUT2D eigenvalue weighted by molar-refractivity contribution is 6.30. The molecule has 0 saturated heterocycles. The van der Waals surface area contributed by atoms with Gasteiger partial charge in [0.1, 0.15) is 17.4 Å². The summed E-state index contributed by atoms with van der Waals surface area (Å²) in [6, 6.07) is 16.0. The van der Waals surface area contributed by atoms with E-state index >= 15 is 0 Å². The number of carbonyl (C=O) groups excluding carboxylic acids is 1. The minimum Gasteiger partial charge on any atom is -0.484 e. The molecule has 1 amide bonds. The number of hydrogen-bond donors (Lipinski definition) is 3. The van der Waals surface area contributed by atoms with E-state index in [1.54, 1.807) is 42.6 Å². The van der Waals surface area contributed by atoms with Crippen molar-refractivity contribution in [1.82, 2.24) is 20.5 Å². The van der Waals surface area contributed by atoms with Gasteiger partial charge in [-0.25, -0.2) is 4.98 Å². The normalized spacial score (nSPS) is 10.2. The van der Waals surface area contributed by atoms with Crippen LogP contribution in [0.25, 0.3) is 0 Å². The first-order valence-electron chi connectivity index (χ1n) is 8.60. The van der Waals surface area contributed by atoms with Gasteiger partial charge >= 0.3 is 0 Å². The maximum absolute atomic E-state index is 11.8. The molecular weight excluding hydrogens is 380 g/mol. The topological polar surface area (TPSA) is 101 Å². The Labute approximate surface area is 167 Å². The number of amides is 1. The first kappa shape index (κ1) is 19.4. The van der Waals surface area contributed by atoms with Crippen LogP contribution < -0.4 is 20.7 Å². The minimum absolute atomic E-state index is 0.0602. The van der Waals surface area contributed by atoms with Gasteiger partial charge in [-0.15, -0.1) is 10.2 Å². The van der Waals surface area contributed by atoms with Crippen LogP contribution in [0.2, 0.25) is 5.02 Å². The molecule has 2 aromatic heterocycles. The van der Waals surface area contributed by atoms with Crippen LogP contribution in [0.3, 0.4) is 0 Å². The molecule has 0 radical (unpaired) electrons. The Hall–Kier alpha value is -3.39. The number of ether oxygens (including phenoxy) is 1. The van der Waals surface area contributed by atoms with Gasteiger partial charge in [0.25, 0.3) is 5.91 Å². The molecule has 8 nitrogen and oxygen atoms in total. The Morgan fingerprint density at radius 1 is 0.929 bits per heavy atom. The number of aromatic nitrogens is 3. The number of nitrogens with one attached hydrogen (secondary N) is 3. The molecule has 0 fully saturated rings. The van der Waals surface area contributed by atoms with E-state index in [0.717, 1.165) is 0 Å². The van der Waals surface area contributed by atoms with Crippen molar-refractivity contribution in [2.24, 2.45) is 0 Å². The van der Waals surface area contributed by atoms with E-state index < -0.39 is 0 Å². The third-order valence-corrected chi connectivity index (χ3v) is 3.77. The molecule has 3 N–H and O–H groups in total. The van der Waals surface area contributed by atoms with Crippen molar-refractivity contribution in [3.8, 4) is 5.75 Å². The highest BCUT2D eigenvalue weighted by atomic mass is 35.5. The number of benzene rings is 1. The minimum atomic E-state index is -0.210. The number of pyridine rings is 1. The number of anilines is 3. The van der Waals surface area contributed by atoms with E-state index in [1.807, 2.05) is 18.2 Å². The molecule has 0 aliphatic heterocycles. The summed E-state index contributed by atoms with van der Waals surface area (Å²) in [4.78, 5) is 15.9. The van der Waals surface area contributed by atoms with E-state index in [1.165, 1.54) is 0 Å². The van der Waals surface area contributed by atoms with E-state index in [0.29, 0.717) is 41.3 Å². The van der Waals surface area contributed by atoms with Crippen LogP contribution in [0.15, 0.2) is 60.8 Å². The second kappa shape index (κ2) is 10.1. The lowest BCUT2D eigenvalue weighted by molar-refractivity contribution is -0.123. The van der Waals surface area contributed by atoms with Crippen LogP contribution >= 0.6 is 11.6 Å². The van der Waals surface area contributed by atoms with Crippen molar-refractivity contribution in [1.29, 1.82) is 0 Å². The van der Waals surface area contributed by atoms with Crippen LogP contribution in [0.5, 0.6) is 5.75 Å². The summed E-state index contributed by atoms with van der Waals surface area (Å²) in [6.07, 6.45) is 1.69.